The maximum atomic E-state index is 12.9. The van der Waals surface area contributed by atoms with Gasteiger partial charge in [0, 0.05) is 23.6 Å². The number of carbonyl (C=O) groups is 1. The van der Waals surface area contributed by atoms with Crippen molar-refractivity contribution in [2.24, 2.45) is 0 Å². The molecule has 29 heavy (non-hydrogen) atoms. The number of pyridine rings is 1. The summed E-state index contributed by atoms with van der Waals surface area (Å²) in [6, 6.07) is 11.2. The van der Waals surface area contributed by atoms with Crippen LogP contribution in [0.1, 0.15) is 17.3 Å². The van der Waals surface area contributed by atoms with Crippen LogP contribution in [0.25, 0.3) is 10.9 Å². The van der Waals surface area contributed by atoms with E-state index in [-0.39, 0.29) is 22.2 Å². The van der Waals surface area contributed by atoms with Gasteiger partial charge in [0.1, 0.15) is 16.4 Å². The van der Waals surface area contributed by atoms with Gasteiger partial charge in [-0.25, -0.2) is 8.42 Å². The van der Waals surface area contributed by atoms with Crippen molar-refractivity contribution < 1.29 is 22.7 Å². The molecule has 0 saturated carbocycles. The number of rotatable bonds is 7. The summed E-state index contributed by atoms with van der Waals surface area (Å²) in [6.45, 7) is 2.34. The van der Waals surface area contributed by atoms with Crippen LogP contribution < -0.4 is 19.5 Å². The zero-order valence-corrected chi connectivity index (χ0v) is 17.0. The summed E-state index contributed by atoms with van der Waals surface area (Å²) < 4.78 is 38.6. The normalized spacial score (nSPS) is 11.1. The van der Waals surface area contributed by atoms with Crippen molar-refractivity contribution in [1.29, 1.82) is 0 Å². The standard InChI is InChI=1S/C20H21N3O5S/c1-4-21-20(24)13-5-7-17-14(9-13)10-15(12-22-17)23-29(25,26)19-11-16(27-2)6-8-18(19)28-3/h5-12,23H,4H2,1-3H3,(H,21,24). The molecule has 0 saturated heterocycles. The Morgan fingerprint density at radius 3 is 2.55 bits per heavy atom. The van der Waals surface area contributed by atoms with E-state index in [0.717, 1.165) is 0 Å². The van der Waals surface area contributed by atoms with E-state index in [0.29, 0.717) is 28.8 Å². The van der Waals surface area contributed by atoms with Crippen LogP contribution in [0.2, 0.25) is 0 Å². The third-order valence-corrected chi connectivity index (χ3v) is 5.60. The number of hydrogen-bond donors (Lipinski definition) is 2. The monoisotopic (exact) mass is 415 g/mol. The number of aromatic nitrogens is 1. The molecule has 0 spiro atoms. The fraction of sp³-hybridized carbons (Fsp3) is 0.200. The van der Waals surface area contributed by atoms with Crippen LogP contribution in [0.3, 0.4) is 0 Å². The van der Waals surface area contributed by atoms with Crippen LogP contribution in [-0.4, -0.2) is 40.1 Å². The maximum Gasteiger partial charge on any atom is 0.265 e. The molecule has 1 amide bonds. The molecular formula is C20H21N3O5S. The first-order valence-corrected chi connectivity index (χ1v) is 10.3. The van der Waals surface area contributed by atoms with Gasteiger partial charge in [-0.15, -0.1) is 0 Å². The van der Waals surface area contributed by atoms with Crippen LogP contribution in [0.15, 0.2) is 53.6 Å². The molecule has 3 aromatic rings. The molecule has 1 heterocycles. The smallest absolute Gasteiger partial charge is 0.265 e. The molecule has 1 aromatic heterocycles. The lowest BCUT2D eigenvalue weighted by Gasteiger charge is -2.13. The van der Waals surface area contributed by atoms with E-state index < -0.39 is 10.0 Å². The Kier molecular flexibility index (Phi) is 5.88. The number of nitrogens with one attached hydrogen (secondary N) is 2. The minimum absolute atomic E-state index is 0.0597. The Bertz CT molecular complexity index is 1160. The topological polar surface area (TPSA) is 107 Å². The summed E-state index contributed by atoms with van der Waals surface area (Å²) in [7, 11) is -1.13. The number of amides is 1. The van der Waals surface area contributed by atoms with Gasteiger partial charge in [-0.2, -0.15) is 0 Å². The summed E-state index contributed by atoms with van der Waals surface area (Å²) in [5, 5.41) is 3.36. The van der Waals surface area contributed by atoms with Gasteiger partial charge in [0.05, 0.1) is 31.6 Å². The van der Waals surface area contributed by atoms with Crippen molar-refractivity contribution in [2.75, 3.05) is 25.5 Å². The van der Waals surface area contributed by atoms with Gasteiger partial charge >= 0.3 is 0 Å². The highest BCUT2D eigenvalue weighted by Crippen LogP contribution is 2.30. The van der Waals surface area contributed by atoms with E-state index in [1.165, 1.54) is 32.5 Å². The fourth-order valence-corrected chi connectivity index (χ4v) is 4.01. The minimum Gasteiger partial charge on any atom is -0.497 e. The van der Waals surface area contributed by atoms with E-state index in [4.69, 9.17) is 9.47 Å². The molecule has 0 radical (unpaired) electrons. The lowest BCUT2D eigenvalue weighted by Crippen LogP contribution is -2.22. The molecule has 0 aliphatic carbocycles. The maximum absolute atomic E-state index is 12.9. The van der Waals surface area contributed by atoms with Crippen molar-refractivity contribution in [3.63, 3.8) is 0 Å². The molecule has 0 bridgehead atoms. The zero-order chi connectivity index (χ0) is 21.0. The first kappa shape index (κ1) is 20.4. The van der Waals surface area contributed by atoms with Crippen molar-refractivity contribution in [3.8, 4) is 11.5 Å². The van der Waals surface area contributed by atoms with Gasteiger partial charge in [-0.05, 0) is 43.3 Å². The van der Waals surface area contributed by atoms with E-state index in [9.17, 15) is 13.2 Å². The Balaban J connectivity index is 1.97. The van der Waals surface area contributed by atoms with E-state index in [1.807, 2.05) is 6.92 Å². The molecule has 0 unspecified atom stereocenters. The lowest BCUT2D eigenvalue weighted by molar-refractivity contribution is 0.0956. The molecule has 2 N–H and O–H groups in total. The Morgan fingerprint density at radius 1 is 1.07 bits per heavy atom. The van der Waals surface area contributed by atoms with Gasteiger partial charge < -0.3 is 14.8 Å². The number of fused-ring (bicyclic) bond motifs is 1. The Hall–Kier alpha value is -3.33. The van der Waals surface area contributed by atoms with E-state index >= 15 is 0 Å². The first-order valence-electron chi connectivity index (χ1n) is 8.81. The highest BCUT2D eigenvalue weighted by atomic mass is 32.2. The van der Waals surface area contributed by atoms with Gasteiger partial charge in [0.15, 0.2) is 0 Å². The Labute approximate surface area is 168 Å². The summed E-state index contributed by atoms with van der Waals surface area (Å²) in [4.78, 5) is 16.3. The van der Waals surface area contributed by atoms with Crippen molar-refractivity contribution >= 4 is 32.5 Å². The molecule has 0 aliphatic rings. The van der Waals surface area contributed by atoms with Crippen molar-refractivity contribution in [2.45, 2.75) is 11.8 Å². The van der Waals surface area contributed by atoms with Crippen molar-refractivity contribution in [1.82, 2.24) is 10.3 Å². The number of benzene rings is 2. The van der Waals surface area contributed by atoms with Gasteiger partial charge in [-0.3, -0.25) is 14.5 Å². The summed E-state index contributed by atoms with van der Waals surface area (Å²) in [5.74, 6) is 0.362. The highest BCUT2D eigenvalue weighted by molar-refractivity contribution is 7.92. The molecule has 2 aromatic carbocycles. The minimum atomic E-state index is -3.97. The number of nitrogens with zero attached hydrogens (tertiary/aromatic N) is 1. The number of carbonyl (C=O) groups excluding carboxylic acids is 1. The van der Waals surface area contributed by atoms with Gasteiger partial charge in [-0.1, -0.05) is 0 Å². The van der Waals surface area contributed by atoms with Crippen LogP contribution >= 0.6 is 0 Å². The molecule has 152 valence electrons. The third kappa shape index (κ3) is 4.40. The molecule has 0 atom stereocenters. The third-order valence-electron chi connectivity index (χ3n) is 4.19. The lowest BCUT2D eigenvalue weighted by atomic mass is 10.1. The first-order chi connectivity index (χ1) is 13.9. The van der Waals surface area contributed by atoms with Gasteiger partial charge in [0.2, 0.25) is 0 Å². The van der Waals surface area contributed by atoms with E-state index in [1.54, 1.807) is 30.3 Å². The number of hydrogen-bond acceptors (Lipinski definition) is 6. The second-order valence-corrected chi connectivity index (χ2v) is 7.76. The summed E-state index contributed by atoms with van der Waals surface area (Å²) in [5.41, 5.74) is 1.37. The van der Waals surface area contributed by atoms with Crippen LogP contribution in [0.5, 0.6) is 11.5 Å². The second-order valence-electron chi connectivity index (χ2n) is 6.11. The van der Waals surface area contributed by atoms with Crippen LogP contribution in [-0.2, 0) is 10.0 Å². The predicted molar refractivity (Wildman–Crippen MR) is 110 cm³/mol. The molecule has 9 heteroatoms. The molecule has 8 nitrogen and oxygen atoms in total. The average molecular weight is 415 g/mol. The number of anilines is 1. The average Bonchev–Trinajstić information content (AvgIpc) is 2.72. The summed E-state index contributed by atoms with van der Waals surface area (Å²) >= 11 is 0. The molecule has 0 aliphatic heterocycles. The molecule has 3 rings (SSSR count). The van der Waals surface area contributed by atoms with E-state index in [2.05, 4.69) is 15.0 Å². The van der Waals surface area contributed by atoms with Crippen LogP contribution in [0.4, 0.5) is 5.69 Å². The quantitative estimate of drug-likeness (QED) is 0.615. The predicted octanol–water partition coefficient (Wildman–Crippen LogP) is 2.80. The molecule has 0 fully saturated rings. The number of sulfonamides is 1. The second kappa shape index (κ2) is 8.36. The van der Waals surface area contributed by atoms with Gasteiger partial charge in [0.25, 0.3) is 15.9 Å². The molecular weight excluding hydrogens is 394 g/mol. The number of ether oxygens (including phenoxy) is 2. The van der Waals surface area contributed by atoms with Crippen LogP contribution in [0, 0.1) is 0 Å². The summed E-state index contributed by atoms with van der Waals surface area (Å²) in [6.07, 6.45) is 1.41. The zero-order valence-electron chi connectivity index (χ0n) is 16.2. The SMILES string of the molecule is CCNC(=O)c1ccc2ncc(NS(=O)(=O)c3cc(OC)ccc3OC)cc2c1. The number of methoxy groups -OCH3 is 2. The Morgan fingerprint density at radius 2 is 1.86 bits per heavy atom. The fourth-order valence-electron chi connectivity index (χ4n) is 2.80. The highest BCUT2D eigenvalue weighted by Gasteiger charge is 2.21. The van der Waals surface area contributed by atoms with Crippen molar-refractivity contribution in [3.05, 3.63) is 54.2 Å². The largest absolute Gasteiger partial charge is 0.497 e.